The van der Waals surface area contributed by atoms with Crippen LogP contribution < -0.4 is 0 Å². The molecule has 4 atom stereocenters. The van der Waals surface area contributed by atoms with Crippen molar-refractivity contribution in [3.8, 4) is 0 Å². The molecule has 1 aromatic rings. The summed E-state index contributed by atoms with van der Waals surface area (Å²) in [6.07, 6.45) is 5.72. The standard InChI is InChI=1S/C38H66N2O5SSi/c1-15-31-23-44-37(40(31)46(42,43)36-33(25(4)5)20-30(24(2)3)21-34(36)26(6)7)32-19-17-16-18-29(32)22-35(47(12,13)14)45-38(41)39(27(8)9)28(10)11/h20-22,24-28,31-32,35,37H,15-19,23H2,1-14H3/b29-22+/t31-,32-,35+,37-/m1/s1. The van der Waals surface area contributed by atoms with Crippen LogP contribution in [0.2, 0.25) is 19.6 Å². The molecule has 47 heavy (non-hydrogen) atoms. The first-order valence-corrected chi connectivity index (χ1v) is 23.3. The highest BCUT2D eigenvalue weighted by Gasteiger charge is 2.49. The van der Waals surface area contributed by atoms with E-state index in [2.05, 4.69) is 86.3 Å². The molecule has 0 unspecified atom stereocenters. The molecule has 1 saturated heterocycles. The fourth-order valence-corrected chi connectivity index (χ4v) is 10.9. The number of benzene rings is 1. The molecule has 1 heterocycles. The molecule has 0 bridgehead atoms. The Kier molecular flexibility index (Phi) is 13.4. The van der Waals surface area contributed by atoms with Crippen molar-refractivity contribution in [1.29, 1.82) is 0 Å². The van der Waals surface area contributed by atoms with E-state index in [1.807, 2.05) is 27.7 Å². The predicted octanol–water partition coefficient (Wildman–Crippen LogP) is 9.80. The highest BCUT2D eigenvalue weighted by atomic mass is 32.2. The molecule has 1 aromatic carbocycles. The highest BCUT2D eigenvalue weighted by Crippen LogP contribution is 2.44. The van der Waals surface area contributed by atoms with Crippen LogP contribution >= 0.6 is 0 Å². The number of carbonyl (C=O) groups is 1. The van der Waals surface area contributed by atoms with Crippen LogP contribution in [-0.4, -0.2) is 68.5 Å². The topological polar surface area (TPSA) is 76.2 Å². The van der Waals surface area contributed by atoms with Crippen molar-refractivity contribution in [2.24, 2.45) is 5.92 Å². The molecule has 268 valence electrons. The monoisotopic (exact) mass is 690 g/mol. The van der Waals surface area contributed by atoms with Gasteiger partial charge in [-0.25, -0.2) is 13.2 Å². The lowest BCUT2D eigenvalue weighted by molar-refractivity contribution is 0.0218. The maximum absolute atomic E-state index is 15.2. The second-order valence-corrected chi connectivity index (χ2v) is 23.6. The number of hydrogen-bond donors (Lipinski definition) is 0. The van der Waals surface area contributed by atoms with Gasteiger partial charge in [-0.1, -0.05) is 92.2 Å². The summed E-state index contributed by atoms with van der Waals surface area (Å²) < 4.78 is 45.0. The number of carbonyl (C=O) groups excluding carboxylic acids is 1. The van der Waals surface area contributed by atoms with Gasteiger partial charge in [0.25, 0.3) is 0 Å². The number of sulfonamides is 1. The molecule has 0 N–H and O–H groups in total. The lowest BCUT2D eigenvalue weighted by Crippen LogP contribution is -2.49. The lowest BCUT2D eigenvalue weighted by Gasteiger charge is -2.38. The Morgan fingerprint density at radius 3 is 1.96 bits per heavy atom. The van der Waals surface area contributed by atoms with Crippen LogP contribution in [0.4, 0.5) is 4.79 Å². The van der Waals surface area contributed by atoms with Crippen LogP contribution in [0.25, 0.3) is 0 Å². The van der Waals surface area contributed by atoms with Crippen LogP contribution in [0.15, 0.2) is 28.7 Å². The maximum atomic E-state index is 15.2. The molecule has 0 radical (unpaired) electrons. The molecular formula is C38H66N2O5SSi. The molecule has 1 aliphatic heterocycles. The quantitative estimate of drug-likeness (QED) is 0.161. The van der Waals surface area contributed by atoms with E-state index >= 15 is 8.42 Å². The molecule has 1 saturated carbocycles. The summed E-state index contributed by atoms with van der Waals surface area (Å²) in [6, 6.07) is 4.05. The third-order valence-corrected chi connectivity index (χ3v) is 14.0. The van der Waals surface area contributed by atoms with Crippen LogP contribution in [0.1, 0.15) is 143 Å². The Morgan fingerprint density at radius 2 is 1.51 bits per heavy atom. The van der Waals surface area contributed by atoms with Crippen LogP contribution in [0, 0.1) is 5.92 Å². The van der Waals surface area contributed by atoms with E-state index in [-0.39, 0.29) is 47.7 Å². The molecule has 2 fully saturated rings. The van der Waals surface area contributed by atoms with Crippen LogP contribution in [0.3, 0.4) is 0 Å². The Hall–Kier alpha value is -1.68. The summed E-state index contributed by atoms with van der Waals surface area (Å²) in [6.45, 7) is 29.9. The van der Waals surface area contributed by atoms with Gasteiger partial charge in [0.1, 0.15) is 12.0 Å². The van der Waals surface area contributed by atoms with Crippen molar-refractivity contribution in [3.05, 3.63) is 40.5 Å². The molecule has 1 amide bonds. The summed E-state index contributed by atoms with van der Waals surface area (Å²) in [5.41, 5.74) is 3.80. The fourth-order valence-electron chi connectivity index (χ4n) is 7.22. The van der Waals surface area contributed by atoms with E-state index < -0.39 is 24.3 Å². The summed E-state index contributed by atoms with van der Waals surface area (Å²) >= 11 is 0. The van der Waals surface area contributed by atoms with E-state index in [4.69, 9.17) is 9.47 Å². The average Bonchev–Trinajstić information content (AvgIpc) is 3.40. The molecule has 0 aromatic heterocycles. The van der Waals surface area contributed by atoms with Crippen molar-refractivity contribution in [2.75, 3.05) is 6.61 Å². The Bertz CT molecular complexity index is 1330. The van der Waals surface area contributed by atoms with Gasteiger partial charge in [-0.15, -0.1) is 0 Å². The first kappa shape index (κ1) is 39.8. The van der Waals surface area contributed by atoms with E-state index in [0.717, 1.165) is 36.8 Å². The maximum Gasteiger partial charge on any atom is 0.410 e. The zero-order valence-electron chi connectivity index (χ0n) is 32.0. The van der Waals surface area contributed by atoms with E-state index in [0.29, 0.717) is 23.8 Å². The van der Waals surface area contributed by atoms with Crippen molar-refractivity contribution in [3.63, 3.8) is 0 Å². The minimum Gasteiger partial charge on any atom is -0.446 e. The van der Waals surface area contributed by atoms with Gasteiger partial charge in [-0.2, -0.15) is 4.31 Å². The lowest BCUT2D eigenvalue weighted by atomic mass is 9.82. The largest absolute Gasteiger partial charge is 0.446 e. The molecular weight excluding hydrogens is 625 g/mol. The third-order valence-electron chi connectivity index (χ3n) is 9.98. The van der Waals surface area contributed by atoms with Gasteiger partial charge >= 0.3 is 6.09 Å². The van der Waals surface area contributed by atoms with E-state index in [1.165, 1.54) is 11.1 Å². The summed E-state index contributed by atoms with van der Waals surface area (Å²) in [5.74, 6) is 0.293. The number of amides is 1. The van der Waals surface area contributed by atoms with Gasteiger partial charge in [-0.05, 0) is 93.9 Å². The molecule has 9 heteroatoms. The number of ether oxygens (including phenoxy) is 2. The smallest absolute Gasteiger partial charge is 0.410 e. The SMILES string of the molecule is CC[C@@H]1CO[C@H]([C@@H]2CCCC/C2=C\[C@@H](OC(=O)N(C(C)C)C(C)C)[Si](C)(C)C)N1S(=O)(=O)c1c(C(C)C)cc(C(C)C)cc1C(C)C. The summed E-state index contributed by atoms with van der Waals surface area (Å²) in [7, 11) is -5.94. The molecule has 1 aliphatic carbocycles. The molecule has 7 nitrogen and oxygen atoms in total. The number of rotatable bonds is 12. The first-order valence-electron chi connectivity index (χ1n) is 18.3. The molecule has 3 rings (SSSR count). The van der Waals surface area contributed by atoms with Crippen LogP contribution in [-0.2, 0) is 19.5 Å². The average molecular weight is 691 g/mol. The van der Waals surface area contributed by atoms with Crippen molar-refractivity contribution >= 4 is 24.2 Å². The molecule has 0 spiro atoms. The van der Waals surface area contributed by atoms with Gasteiger partial charge in [-0.3, -0.25) is 0 Å². The van der Waals surface area contributed by atoms with Gasteiger partial charge in [0.2, 0.25) is 10.0 Å². The number of nitrogens with zero attached hydrogens (tertiary/aromatic N) is 2. The van der Waals surface area contributed by atoms with Crippen molar-refractivity contribution < 1.29 is 22.7 Å². The second kappa shape index (κ2) is 15.9. The molecule has 2 aliphatic rings. The first-order chi connectivity index (χ1) is 21.7. The Morgan fingerprint density at radius 1 is 0.957 bits per heavy atom. The van der Waals surface area contributed by atoms with Gasteiger partial charge < -0.3 is 14.4 Å². The minimum absolute atomic E-state index is 0.0255. The zero-order valence-corrected chi connectivity index (χ0v) is 33.8. The highest BCUT2D eigenvalue weighted by molar-refractivity contribution is 7.89. The Labute approximate surface area is 288 Å². The second-order valence-electron chi connectivity index (χ2n) is 16.5. The van der Waals surface area contributed by atoms with Crippen LogP contribution in [0.5, 0.6) is 0 Å². The van der Waals surface area contributed by atoms with E-state index in [1.54, 1.807) is 9.21 Å². The minimum atomic E-state index is -3.92. The zero-order chi connectivity index (χ0) is 35.6. The number of hydrogen-bond acceptors (Lipinski definition) is 5. The van der Waals surface area contributed by atoms with Crippen molar-refractivity contribution in [2.45, 2.75) is 181 Å². The fraction of sp³-hybridized carbons (Fsp3) is 0.763. The summed E-state index contributed by atoms with van der Waals surface area (Å²) in [5, 5.41) is 0. The third kappa shape index (κ3) is 8.92. The van der Waals surface area contributed by atoms with Gasteiger partial charge in [0, 0.05) is 18.0 Å². The van der Waals surface area contributed by atoms with E-state index in [9.17, 15) is 4.79 Å². The van der Waals surface area contributed by atoms with Gasteiger partial charge in [0.05, 0.1) is 25.6 Å². The predicted molar refractivity (Wildman–Crippen MR) is 197 cm³/mol. The van der Waals surface area contributed by atoms with Gasteiger partial charge in [0.15, 0.2) is 0 Å². The Balaban J connectivity index is 2.16. The summed E-state index contributed by atoms with van der Waals surface area (Å²) in [4.78, 5) is 15.8. The normalized spacial score (nSPS) is 23.1. The van der Waals surface area contributed by atoms with Crippen molar-refractivity contribution in [1.82, 2.24) is 9.21 Å².